The predicted molar refractivity (Wildman–Crippen MR) is 82.3 cm³/mol. The molecule has 1 amide bonds. The highest BCUT2D eigenvalue weighted by molar-refractivity contribution is 5.95. The van der Waals surface area contributed by atoms with Gasteiger partial charge in [0.15, 0.2) is 11.5 Å². The molecule has 2 aliphatic rings. The van der Waals surface area contributed by atoms with Gasteiger partial charge in [0.2, 0.25) is 6.79 Å². The molecule has 0 bridgehead atoms. The second-order valence-corrected chi connectivity index (χ2v) is 5.81. The van der Waals surface area contributed by atoms with Crippen molar-refractivity contribution in [2.45, 2.75) is 18.9 Å². The zero-order valence-electron chi connectivity index (χ0n) is 12.4. The van der Waals surface area contributed by atoms with Crippen LogP contribution in [-0.4, -0.2) is 30.7 Å². The number of carbonyl (C=O) groups excluding carboxylic acids is 1. The summed E-state index contributed by atoms with van der Waals surface area (Å²) in [6, 6.07) is 14.0. The van der Waals surface area contributed by atoms with Crippen molar-refractivity contribution in [3.8, 4) is 11.5 Å². The zero-order valence-corrected chi connectivity index (χ0v) is 12.4. The lowest BCUT2D eigenvalue weighted by atomic mass is 10.1. The molecule has 2 aromatic carbocycles. The van der Waals surface area contributed by atoms with Gasteiger partial charge in [-0.05, 0) is 42.2 Å². The van der Waals surface area contributed by atoms with Crippen LogP contribution in [0.15, 0.2) is 42.5 Å². The van der Waals surface area contributed by atoms with Gasteiger partial charge in [-0.15, -0.1) is 0 Å². The average Bonchev–Trinajstić information content (AvgIpc) is 3.18. The summed E-state index contributed by atoms with van der Waals surface area (Å²) < 4.78 is 10.6. The molecule has 0 fully saturated rings. The maximum absolute atomic E-state index is 12.7. The number of rotatable bonds is 2. The number of hydrogen-bond donors (Lipinski definition) is 0. The van der Waals surface area contributed by atoms with E-state index in [0.29, 0.717) is 17.1 Å². The number of carbonyl (C=O) groups is 1. The van der Waals surface area contributed by atoms with Crippen molar-refractivity contribution >= 4 is 5.91 Å². The molecule has 0 saturated heterocycles. The van der Waals surface area contributed by atoms with E-state index in [-0.39, 0.29) is 18.7 Å². The van der Waals surface area contributed by atoms with Gasteiger partial charge in [-0.2, -0.15) is 0 Å². The summed E-state index contributed by atoms with van der Waals surface area (Å²) in [5, 5.41) is 0. The third kappa shape index (κ3) is 2.11. The van der Waals surface area contributed by atoms with E-state index in [1.165, 1.54) is 11.1 Å². The molecular formula is C18H17NO3. The van der Waals surface area contributed by atoms with E-state index in [1.54, 1.807) is 18.2 Å². The molecule has 4 heteroatoms. The first-order valence-electron chi connectivity index (χ1n) is 7.46. The molecular weight excluding hydrogens is 278 g/mol. The molecule has 4 nitrogen and oxygen atoms in total. The van der Waals surface area contributed by atoms with Crippen LogP contribution < -0.4 is 9.47 Å². The standard InChI is InChI=1S/C18H17NO3/c1-19(15-8-12-4-2-3-5-13(12)9-15)18(20)14-6-7-16-17(10-14)22-11-21-16/h2-7,10,15H,8-9,11H2,1H3. The minimum atomic E-state index is 0.0242. The molecule has 0 saturated carbocycles. The number of benzene rings is 2. The van der Waals surface area contributed by atoms with E-state index >= 15 is 0 Å². The third-order valence-electron chi connectivity index (χ3n) is 4.52. The molecule has 2 aromatic rings. The Bertz CT molecular complexity index is 716. The Morgan fingerprint density at radius 1 is 1.05 bits per heavy atom. The van der Waals surface area contributed by atoms with Gasteiger partial charge in [-0.3, -0.25) is 4.79 Å². The summed E-state index contributed by atoms with van der Waals surface area (Å²) in [6.07, 6.45) is 1.84. The van der Waals surface area contributed by atoms with Gasteiger partial charge in [-0.1, -0.05) is 24.3 Å². The van der Waals surface area contributed by atoms with E-state index in [4.69, 9.17) is 9.47 Å². The van der Waals surface area contributed by atoms with Crippen molar-refractivity contribution in [3.05, 3.63) is 59.2 Å². The third-order valence-corrected chi connectivity index (χ3v) is 4.52. The highest BCUT2D eigenvalue weighted by Gasteiger charge is 2.28. The fourth-order valence-electron chi connectivity index (χ4n) is 3.21. The summed E-state index contributed by atoms with van der Waals surface area (Å²) in [5.41, 5.74) is 3.33. The largest absolute Gasteiger partial charge is 0.454 e. The number of hydrogen-bond acceptors (Lipinski definition) is 3. The fourth-order valence-corrected chi connectivity index (χ4v) is 3.21. The van der Waals surface area contributed by atoms with Crippen LogP contribution in [0.5, 0.6) is 11.5 Å². The van der Waals surface area contributed by atoms with E-state index in [9.17, 15) is 4.79 Å². The topological polar surface area (TPSA) is 38.8 Å². The monoisotopic (exact) mass is 295 g/mol. The zero-order chi connectivity index (χ0) is 15.1. The van der Waals surface area contributed by atoms with E-state index in [0.717, 1.165) is 12.8 Å². The van der Waals surface area contributed by atoms with Crippen LogP contribution in [0.4, 0.5) is 0 Å². The van der Waals surface area contributed by atoms with Crippen LogP contribution >= 0.6 is 0 Å². The van der Waals surface area contributed by atoms with Crippen molar-refractivity contribution in [3.63, 3.8) is 0 Å². The fraction of sp³-hybridized carbons (Fsp3) is 0.278. The second kappa shape index (κ2) is 5.05. The summed E-state index contributed by atoms with van der Waals surface area (Å²) in [6.45, 7) is 0.223. The summed E-state index contributed by atoms with van der Waals surface area (Å²) in [7, 11) is 1.88. The number of amides is 1. The molecule has 0 spiro atoms. The van der Waals surface area contributed by atoms with Crippen molar-refractivity contribution < 1.29 is 14.3 Å². The maximum Gasteiger partial charge on any atom is 0.254 e. The van der Waals surface area contributed by atoms with Gasteiger partial charge in [0.25, 0.3) is 5.91 Å². The minimum Gasteiger partial charge on any atom is -0.454 e. The highest BCUT2D eigenvalue weighted by Crippen LogP contribution is 2.33. The minimum absolute atomic E-state index is 0.0242. The summed E-state index contributed by atoms with van der Waals surface area (Å²) in [5.74, 6) is 1.37. The molecule has 112 valence electrons. The van der Waals surface area contributed by atoms with Gasteiger partial charge in [0.05, 0.1) is 0 Å². The summed E-state index contributed by atoms with van der Waals surface area (Å²) in [4.78, 5) is 14.6. The first-order valence-corrected chi connectivity index (χ1v) is 7.46. The molecule has 1 aliphatic carbocycles. The van der Waals surface area contributed by atoms with Crippen LogP contribution in [0.3, 0.4) is 0 Å². The Morgan fingerprint density at radius 3 is 2.45 bits per heavy atom. The highest BCUT2D eigenvalue weighted by atomic mass is 16.7. The maximum atomic E-state index is 12.7. The predicted octanol–water partition coefficient (Wildman–Crippen LogP) is 2.65. The van der Waals surface area contributed by atoms with Crippen molar-refractivity contribution in [1.82, 2.24) is 4.90 Å². The van der Waals surface area contributed by atoms with E-state index < -0.39 is 0 Å². The van der Waals surface area contributed by atoms with Crippen LogP contribution in [0.1, 0.15) is 21.5 Å². The Labute approximate surface area is 129 Å². The van der Waals surface area contributed by atoms with Gasteiger partial charge in [0.1, 0.15) is 0 Å². The number of nitrogens with zero attached hydrogens (tertiary/aromatic N) is 1. The van der Waals surface area contributed by atoms with E-state index in [1.807, 2.05) is 11.9 Å². The van der Waals surface area contributed by atoms with Crippen molar-refractivity contribution in [1.29, 1.82) is 0 Å². The number of fused-ring (bicyclic) bond motifs is 2. The SMILES string of the molecule is CN(C(=O)c1ccc2c(c1)OCO2)C1Cc2ccccc2C1. The van der Waals surface area contributed by atoms with Gasteiger partial charge >= 0.3 is 0 Å². The van der Waals surface area contributed by atoms with Gasteiger partial charge in [-0.25, -0.2) is 0 Å². The Morgan fingerprint density at radius 2 is 1.73 bits per heavy atom. The quantitative estimate of drug-likeness (QED) is 0.855. The number of ether oxygens (including phenoxy) is 2. The Kier molecular flexibility index (Phi) is 3.03. The van der Waals surface area contributed by atoms with Crippen LogP contribution in [0.2, 0.25) is 0 Å². The van der Waals surface area contributed by atoms with Gasteiger partial charge in [0, 0.05) is 18.7 Å². The Hall–Kier alpha value is -2.49. The number of likely N-dealkylation sites (N-methyl/N-ethyl adjacent to an activating group) is 1. The molecule has 0 radical (unpaired) electrons. The molecule has 0 aromatic heterocycles. The molecule has 1 aliphatic heterocycles. The summed E-state index contributed by atoms with van der Waals surface area (Å²) >= 11 is 0. The molecule has 0 N–H and O–H groups in total. The van der Waals surface area contributed by atoms with Crippen LogP contribution in [-0.2, 0) is 12.8 Å². The molecule has 0 unspecified atom stereocenters. The lowest BCUT2D eigenvalue weighted by Crippen LogP contribution is -2.37. The lowest BCUT2D eigenvalue weighted by molar-refractivity contribution is 0.0737. The van der Waals surface area contributed by atoms with E-state index in [2.05, 4.69) is 24.3 Å². The van der Waals surface area contributed by atoms with Gasteiger partial charge < -0.3 is 14.4 Å². The first kappa shape index (κ1) is 13.2. The average molecular weight is 295 g/mol. The van der Waals surface area contributed by atoms with Crippen LogP contribution in [0.25, 0.3) is 0 Å². The van der Waals surface area contributed by atoms with Crippen molar-refractivity contribution in [2.75, 3.05) is 13.8 Å². The molecule has 4 rings (SSSR count). The lowest BCUT2D eigenvalue weighted by Gasteiger charge is -2.24. The molecule has 0 atom stereocenters. The molecule has 22 heavy (non-hydrogen) atoms. The van der Waals surface area contributed by atoms with Crippen LogP contribution in [0, 0.1) is 0 Å². The van der Waals surface area contributed by atoms with Crippen molar-refractivity contribution in [2.24, 2.45) is 0 Å². The smallest absolute Gasteiger partial charge is 0.254 e. The second-order valence-electron chi connectivity index (χ2n) is 5.81. The first-order chi connectivity index (χ1) is 10.7. The molecule has 1 heterocycles. The Balaban J connectivity index is 1.54. The normalized spacial score (nSPS) is 15.7.